The fourth-order valence-corrected chi connectivity index (χ4v) is 8.95. The Hall–Kier alpha value is -6.39. The SMILES string of the molecule is Cc1ncsc1-c1ccc(CNC(=O)[C@@H]2C[C@@H](O)CN2C(=O)[C@@H](NC(=O)CCCCCCCCCNC(=O)c2ccc(CCNc3cc(-c4ccccc4O)nnc3N)cc2)C(C)(C)C)cc1. The Morgan fingerprint density at radius 3 is 2.24 bits per heavy atom. The van der Waals surface area contributed by atoms with Gasteiger partial charge in [-0.15, -0.1) is 21.5 Å². The molecule has 0 bridgehead atoms. The molecule has 0 saturated carbocycles. The lowest BCUT2D eigenvalue weighted by atomic mass is 9.85. The van der Waals surface area contributed by atoms with Gasteiger partial charge in [-0.2, -0.15) is 0 Å². The number of thiazole rings is 1. The molecule has 1 saturated heterocycles. The number of nitrogens with zero attached hydrogens (tertiary/aromatic N) is 4. The standard InChI is InChI=1S/C51H65N9O6S/c1-33-45(67-32-56-33)36-21-19-35(20-22-36)30-55-49(65)42-28-38(61)31-60(42)50(66)46(51(2,3)4)57-44(63)16-10-8-6-5-7-9-13-26-54-48(64)37-23-17-34(18-24-37)25-27-53-41-29-40(58-59-47(41)52)39-14-11-12-15-43(39)62/h11-12,14-15,17-24,29,32,38,42,46,61-62H,5-10,13,16,25-28,30-31H2,1-4H3,(H2,52,59)(H,53,58)(H,54,64)(H,55,65)(H,57,63)/t38-,42+,46-/m1/s1. The molecule has 5 aromatic rings. The number of unbranched alkanes of at least 4 members (excludes halogenated alkanes) is 6. The molecule has 1 aliphatic heterocycles. The summed E-state index contributed by atoms with van der Waals surface area (Å²) in [5.74, 6) is -0.643. The van der Waals surface area contributed by atoms with Gasteiger partial charge < -0.3 is 42.1 Å². The maximum Gasteiger partial charge on any atom is 0.251 e. The number of aliphatic hydroxyl groups is 1. The van der Waals surface area contributed by atoms with E-state index in [1.54, 1.807) is 35.6 Å². The molecular formula is C51H65N9O6S. The van der Waals surface area contributed by atoms with Crippen LogP contribution in [0.1, 0.15) is 106 Å². The monoisotopic (exact) mass is 931 g/mol. The van der Waals surface area contributed by atoms with E-state index >= 15 is 0 Å². The molecule has 67 heavy (non-hydrogen) atoms. The number of nitrogens with two attached hydrogens (primary N) is 1. The summed E-state index contributed by atoms with van der Waals surface area (Å²) in [5, 5.41) is 41.1. The number of phenolic OH excluding ortho intramolecular Hbond substituents is 1. The molecule has 6 rings (SSSR count). The first-order valence-electron chi connectivity index (χ1n) is 23.3. The number of likely N-dealkylation sites (tertiary alicyclic amines) is 1. The first kappa shape index (κ1) is 50.0. The fraction of sp³-hybridized carbons (Fsp3) is 0.431. The van der Waals surface area contributed by atoms with E-state index in [4.69, 9.17) is 5.73 Å². The van der Waals surface area contributed by atoms with E-state index < -0.39 is 23.6 Å². The largest absolute Gasteiger partial charge is 0.507 e. The number of carbonyl (C=O) groups is 4. The Morgan fingerprint density at radius 2 is 1.55 bits per heavy atom. The van der Waals surface area contributed by atoms with Crippen molar-refractivity contribution in [1.29, 1.82) is 0 Å². The molecule has 15 nitrogen and oxygen atoms in total. The lowest BCUT2D eigenvalue weighted by molar-refractivity contribution is -0.144. The molecule has 0 unspecified atom stereocenters. The normalized spacial score (nSPS) is 15.2. The number of nitrogens with one attached hydrogen (secondary N) is 4. The molecule has 3 aromatic carbocycles. The van der Waals surface area contributed by atoms with Crippen molar-refractivity contribution >= 4 is 46.5 Å². The van der Waals surface area contributed by atoms with Crippen molar-refractivity contribution in [2.75, 3.05) is 30.7 Å². The van der Waals surface area contributed by atoms with Crippen LogP contribution >= 0.6 is 11.3 Å². The summed E-state index contributed by atoms with van der Waals surface area (Å²) in [6.07, 6.45) is 6.74. The van der Waals surface area contributed by atoms with E-state index in [-0.39, 0.29) is 54.7 Å². The number of anilines is 2. The maximum absolute atomic E-state index is 14.0. The highest BCUT2D eigenvalue weighted by molar-refractivity contribution is 7.13. The van der Waals surface area contributed by atoms with Gasteiger partial charge in [0.15, 0.2) is 5.82 Å². The van der Waals surface area contributed by atoms with Gasteiger partial charge in [-0.25, -0.2) is 4.98 Å². The second-order valence-electron chi connectivity index (χ2n) is 18.3. The van der Waals surface area contributed by atoms with Gasteiger partial charge in [0.2, 0.25) is 17.7 Å². The second-order valence-corrected chi connectivity index (χ2v) is 19.2. The van der Waals surface area contributed by atoms with Crippen LogP contribution in [0.25, 0.3) is 21.7 Å². The van der Waals surface area contributed by atoms with Crippen molar-refractivity contribution in [3.8, 4) is 27.4 Å². The summed E-state index contributed by atoms with van der Waals surface area (Å²) < 4.78 is 0. The Morgan fingerprint density at radius 1 is 0.866 bits per heavy atom. The first-order chi connectivity index (χ1) is 32.2. The fourth-order valence-electron chi connectivity index (χ4n) is 8.14. The third-order valence-electron chi connectivity index (χ3n) is 12.0. The van der Waals surface area contributed by atoms with E-state index in [0.29, 0.717) is 54.9 Å². The number of carbonyl (C=O) groups excluding carboxylic acids is 4. The van der Waals surface area contributed by atoms with Gasteiger partial charge in [0.1, 0.15) is 17.8 Å². The highest BCUT2D eigenvalue weighted by Gasteiger charge is 2.44. The van der Waals surface area contributed by atoms with Crippen molar-refractivity contribution in [2.24, 2.45) is 5.41 Å². The van der Waals surface area contributed by atoms with E-state index in [2.05, 4.69) is 36.4 Å². The Labute approximate surface area is 397 Å². The van der Waals surface area contributed by atoms with Crippen molar-refractivity contribution in [3.05, 3.63) is 107 Å². The van der Waals surface area contributed by atoms with Crippen LogP contribution in [-0.2, 0) is 27.3 Å². The summed E-state index contributed by atoms with van der Waals surface area (Å²) >= 11 is 1.58. The van der Waals surface area contributed by atoms with Crippen LogP contribution in [0.5, 0.6) is 5.75 Å². The molecule has 8 N–H and O–H groups in total. The summed E-state index contributed by atoms with van der Waals surface area (Å²) in [7, 11) is 0. The molecule has 16 heteroatoms. The van der Waals surface area contributed by atoms with E-state index in [0.717, 1.165) is 65.8 Å². The molecule has 4 amide bonds. The molecule has 0 spiro atoms. The highest BCUT2D eigenvalue weighted by Crippen LogP contribution is 2.31. The number of aryl methyl sites for hydroxylation is 1. The number of phenols is 1. The molecule has 3 atom stereocenters. The van der Waals surface area contributed by atoms with Crippen LogP contribution in [0.15, 0.2) is 84.4 Å². The minimum Gasteiger partial charge on any atom is -0.507 e. The van der Waals surface area contributed by atoms with Crippen molar-refractivity contribution in [3.63, 3.8) is 0 Å². The third-order valence-corrected chi connectivity index (χ3v) is 13.0. The topological polar surface area (TPSA) is 225 Å². The average molecular weight is 932 g/mol. The van der Waals surface area contributed by atoms with Crippen LogP contribution in [0, 0.1) is 12.3 Å². The number of amides is 4. The Balaban J connectivity index is 0.830. The predicted octanol–water partition coefficient (Wildman–Crippen LogP) is 7.18. The van der Waals surface area contributed by atoms with Gasteiger partial charge in [0.05, 0.1) is 33.6 Å². The van der Waals surface area contributed by atoms with Crippen LogP contribution in [-0.4, -0.2) is 91.7 Å². The number of benzene rings is 3. The zero-order valence-electron chi connectivity index (χ0n) is 39.0. The quantitative estimate of drug-likeness (QED) is 0.0344. The van der Waals surface area contributed by atoms with Gasteiger partial charge in [0, 0.05) is 50.1 Å². The van der Waals surface area contributed by atoms with E-state index in [1.807, 2.05) is 87.8 Å². The summed E-state index contributed by atoms with van der Waals surface area (Å²) in [6.45, 7) is 9.11. The van der Waals surface area contributed by atoms with Crippen LogP contribution in [0.2, 0.25) is 0 Å². The predicted molar refractivity (Wildman–Crippen MR) is 263 cm³/mol. The number of β-amino-alcohol motifs (C(OH)–C–C–N with tert-alkyl or cyclic N) is 1. The summed E-state index contributed by atoms with van der Waals surface area (Å²) in [6, 6.07) is 22.4. The van der Waals surface area contributed by atoms with Crippen LogP contribution in [0.4, 0.5) is 11.5 Å². The zero-order chi connectivity index (χ0) is 47.9. The smallest absolute Gasteiger partial charge is 0.251 e. The maximum atomic E-state index is 14.0. The van der Waals surface area contributed by atoms with Crippen molar-refractivity contribution in [1.82, 2.24) is 36.0 Å². The lowest BCUT2D eigenvalue weighted by Gasteiger charge is -2.35. The van der Waals surface area contributed by atoms with Gasteiger partial charge in [-0.1, -0.05) is 101 Å². The molecule has 3 heterocycles. The number of hydrogen-bond donors (Lipinski definition) is 7. The number of nitrogen functional groups attached to an aromatic ring is 1. The number of aromatic nitrogens is 3. The highest BCUT2D eigenvalue weighted by atomic mass is 32.1. The zero-order valence-corrected chi connectivity index (χ0v) is 39.8. The molecule has 356 valence electrons. The minimum absolute atomic E-state index is 0.0258. The Bertz CT molecular complexity index is 2440. The lowest BCUT2D eigenvalue weighted by Crippen LogP contribution is -2.57. The van der Waals surface area contributed by atoms with Gasteiger partial charge in [-0.3, -0.25) is 19.2 Å². The van der Waals surface area contributed by atoms with Crippen LogP contribution in [0.3, 0.4) is 0 Å². The first-order valence-corrected chi connectivity index (χ1v) is 24.1. The third kappa shape index (κ3) is 14.3. The summed E-state index contributed by atoms with van der Waals surface area (Å²) in [5.41, 5.74) is 13.6. The average Bonchev–Trinajstić information content (AvgIpc) is 3.93. The van der Waals surface area contributed by atoms with Gasteiger partial charge in [0.25, 0.3) is 5.91 Å². The van der Waals surface area contributed by atoms with E-state index in [9.17, 15) is 29.4 Å². The summed E-state index contributed by atoms with van der Waals surface area (Å²) in [4.78, 5) is 60.2. The van der Waals surface area contributed by atoms with Gasteiger partial charge >= 0.3 is 0 Å². The molecular weight excluding hydrogens is 867 g/mol. The second kappa shape index (κ2) is 23.9. The molecule has 0 radical (unpaired) electrons. The van der Waals surface area contributed by atoms with Crippen molar-refractivity contribution in [2.45, 2.75) is 117 Å². The molecule has 1 fully saturated rings. The number of aliphatic hydroxyl groups excluding tert-OH is 1. The Kier molecular flexibility index (Phi) is 17.8. The number of para-hydroxylation sites is 1. The molecule has 0 aliphatic carbocycles. The minimum atomic E-state index is -0.860. The van der Waals surface area contributed by atoms with Crippen molar-refractivity contribution < 1.29 is 29.4 Å². The van der Waals surface area contributed by atoms with Gasteiger partial charge in [-0.05, 0) is 78.6 Å². The van der Waals surface area contributed by atoms with Crippen LogP contribution < -0.4 is 27.0 Å². The number of aromatic hydroxyl groups is 1. The van der Waals surface area contributed by atoms with E-state index in [1.165, 1.54) is 4.90 Å². The molecule has 1 aliphatic rings. The number of hydrogen-bond acceptors (Lipinski definition) is 12. The molecule has 2 aromatic heterocycles. The number of rotatable bonds is 22.